The van der Waals surface area contributed by atoms with Gasteiger partial charge in [0.1, 0.15) is 5.65 Å². The van der Waals surface area contributed by atoms with Crippen LogP contribution in [0.1, 0.15) is 36.9 Å². The normalized spacial score (nSPS) is 16.8. The van der Waals surface area contributed by atoms with Gasteiger partial charge in [0.15, 0.2) is 0 Å². The van der Waals surface area contributed by atoms with Crippen LogP contribution in [0.3, 0.4) is 0 Å². The lowest BCUT2D eigenvalue weighted by atomic mass is 10.0. The summed E-state index contributed by atoms with van der Waals surface area (Å²) in [5, 5.41) is 11.5. The Hall–Kier alpha value is -4.25. The second-order valence-electron chi connectivity index (χ2n) is 11.0. The van der Waals surface area contributed by atoms with E-state index in [9.17, 15) is 28.1 Å². The first-order valence-corrected chi connectivity index (χ1v) is 14.1. The van der Waals surface area contributed by atoms with Gasteiger partial charge in [-0.3, -0.25) is 19.8 Å². The number of piperazine rings is 1. The van der Waals surface area contributed by atoms with Crippen molar-refractivity contribution in [1.29, 1.82) is 0 Å². The number of pyridine rings is 1. The van der Waals surface area contributed by atoms with Crippen LogP contribution in [0.5, 0.6) is 0 Å². The van der Waals surface area contributed by atoms with Gasteiger partial charge in [-0.15, -0.1) is 0 Å². The van der Waals surface area contributed by atoms with Gasteiger partial charge >= 0.3 is 6.18 Å². The molecule has 6 rings (SSSR count). The summed E-state index contributed by atoms with van der Waals surface area (Å²) in [6, 6.07) is 15.0. The lowest BCUT2D eigenvalue weighted by Crippen LogP contribution is -2.49. The molecule has 0 spiro atoms. The molecule has 0 N–H and O–H groups in total. The van der Waals surface area contributed by atoms with Gasteiger partial charge in [0.05, 0.1) is 21.9 Å². The molecule has 2 fully saturated rings. The zero-order chi connectivity index (χ0) is 29.4. The molecule has 8 nitrogen and oxygen atoms in total. The molecule has 1 saturated heterocycles. The van der Waals surface area contributed by atoms with Crippen molar-refractivity contribution in [3.63, 3.8) is 0 Å². The number of amides is 1. The van der Waals surface area contributed by atoms with Crippen molar-refractivity contribution >= 4 is 17.2 Å². The van der Waals surface area contributed by atoms with E-state index in [4.69, 9.17) is 4.98 Å². The minimum absolute atomic E-state index is 0.0563. The van der Waals surface area contributed by atoms with Crippen molar-refractivity contribution in [1.82, 2.24) is 19.2 Å². The molecule has 2 aromatic carbocycles. The fourth-order valence-corrected chi connectivity index (χ4v) is 6.06. The summed E-state index contributed by atoms with van der Waals surface area (Å²) in [7, 11) is 0. The second-order valence-corrected chi connectivity index (χ2v) is 11.0. The number of carbonyl (C=O) groups is 1. The Kier molecular flexibility index (Phi) is 7.44. The molecule has 218 valence electrons. The van der Waals surface area contributed by atoms with E-state index >= 15 is 0 Å². The molecule has 42 heavy (non-hydrogen) atoms. The smallest absolute Gasteiger partial charge is 0.340 e. The van der Waals surface area contributed by atoms with E-state index in [0.29, 0.717) is 60.8 Å². The van der Waals surface area contributed by atoms with Gasteiger partial charge in [0, 0.05) is 62.5 Å². The Morgan fingerprint density at radius 3 is 2.36 bits per heavy atom. The molecule has 0 unspecified atom stereocenters. The van der Waals surface area contributed by atoms with Gasteiger partial charge in [-0.05, 0) is 48.2 Å². The number of halogens is 3. The molecular weight excluding hydrogens is 547 g/mol. The molecule has 1 aliphatic heterocycles. The number of fused-ring (bicyclic) bond motifs is 1. The summed E-state index contributed by atoms with van der Waals surface area (Å²) in [6.07, 6.45) is 1.44. The highest BCUT2D eigenvalue weighted by Crippen LogP contribution is 2.34. The molecule has 1 saturated carbocycles. The van der Waals surface area contributed by atoms with E-state index in [1.54, 1.807) is 36.5 Å². The van der Waals surface area contributed by atoms with Gasteiger partial charge in [0.2, 0.25) is 5.91 Å². The van der Waals surface area contributed by atoms with E-state index in [1.807, 2.05) is 9.30 Å². The van der Waals surface area contributed by atoms with Crippen molar-refractivity contribution in [3.8, 4) is 22.4 Å². The van der Waals surface area contributed by atoms with E-state index in [0.717, 1.165) is 43.5 Å². The number of nitrogens with zero attached hydrogens (tertiary/aromatic N) is 5. The summed E-state index contributed by atoms with van der Waals surface area (Å²) < 4.78 is 42.1. The predicted molar refractivity (Wildman–Crippen MR) is 152 cm³/mol. The molecular formula is C31H30F3N5O3. The number of hydrogen-bond acceptors (Lipinski definition) is 5. The van der Waals surface area contributed by atoms with Crippen LogP contribution in [0.4, 0.5) is 18.9 Å². The Balaban J connectivity index is 1.35. The zero-order valence-electron chi connectivity index (χ0n) is 22.9. The van der Waals surface area contributed by atoms with E-state index in [2.05, 4.69) is 4.90 Å². The third kappa shape index (κ3) is 5.61. The predicted octanol–water partition coefficient (Wildman–Crippen LogP) is 6.43. The lowest BCUT2D eigenvalue weighted by Gasteiger charge is -2.36. The highest BCUT2D eigenvalue weighted by Gasteiger charge is 2.31. The van der Waals surface area contributed by atoms with Crippen molar-refractivity contribution in [2.24, 2.45) is 5.92 Å². The number of hydrogen-bond donors (Lipinski definition) is 0. The second kappa shape index (κ2) is 11.2. The number of rotatable bonds is 6. The largest absolute Gasteiger partial charge is 0.416 e. The van der Waals surface area contributed by atoms with Crippen molar-refractivity contribution in [3.05, 3.63) is 88.2 Å². The molecule has 1 amide bonds. The van der Waals surface area contributed by atoms with Crippen LogP contribution < -0.4 is 0 Å². The number of non-ortho nitro benzene ring substituents is 1. The Labute approximate surface area is 240 Å². The van der Waals surface area contributed by atoms with Gasteiger partial charge < -0.3 is 9.30 Å². The highest BCUT2D eigenvalue weighted by atomic mass is 19.4. The molecule has 1 aliphatic carbocycles. The van der Waals surface area contributed by atoms with Gasteiger partial charge in [0.25, 0.3) is 5.69 Å². The average Bonchev–Trinajstić information content (AvgIpc) is 3.66. The van der Waals surface area contributed by atoms with Crippen LogP contribution in [0.2, 0.25) is 0 Å². The van der Waals surface area contributed by atoms with Crippen LogP contribution in [-0.2, 0) is 17.5 Å². The highest BCUT2D eigenvalue weighted by molar-refractivity contribution is 5.79. The summed E-state index contributed by atoms with van der Waals surface area (Å²) in [5.41, 5.74) is 2.73. The Morgan fingerprint density at radius 1 is 0.929 bits per heavy atom. The van der Waals surface area contributed by atoms with Crippen LogP contribution in [-0.4, -0.2) is 56.2 Å². The number of alkyl halides is 3. The number of imidazole rings is 1. The summed E-state index contributed by atoms with van der Waals surface area (Å²) >= 11 is 0. The Bertz CT molecular complexity index is 1640. The molecule has 3 heterocycles. The topological polar surface area (TPSA) is 84.0 Å². The van der Waals surface area contributed by atoms with Crippen LogP contribution in [0.25, 0.3) is 28.0 Å². The van der Waals surface area contributed by atoms with Crippen molar-refractivity contribution in [2.75, 3.05) is 26.2 Å². The van der Waals surface area contributed by atoms with Gasteiger partial charge in [-0.1, -0.05) is 37.1 Å². The van der Waals surface area contributed by atoms with E-state index in [-0.39, 0.29) is 17.5 Å². The molecule has 11 heteroatoms. The molecule has 0 atom stereocenters. The third-order valence-electron chi connectivity index (χ3n) is 8.33. The number of benzene rings is 2. The van der Waals surface area contributed by atoms with Gasteiger partial charge in [-0.25, -0.2) is 4.98 Å². The van der Waals surface area contributed by atoms with Gasteiger partial charge in [-0.2, -0.15) is 13.2 Å². The van der Waals surface area contributed by atoms with Crippen LogP contribution >= 0.6 is 0 Å². The van der Waals surface area contributed by atoms with E-state index in [1.165, 1.54) is 18.2 Å². The number of aromatic nitrogens is 2. The van der Waals surface area contributed by atoms with Crippen molar-refractivity contribution < 1.29 is 22.9 Å². The number of nitro benzene ring substituents is 1. The fourth-order valence-electron chi connectivity index (χ4n) is 6.06. The molecule has 2 aliphatic rings. The maximum Gasteiger partial charge on any atom is 0.416 e. The summed E-state index contributed by atoms with van der Waals surface area (Å²) in [6.45, 7) is 3.01. The van der Waals surface area contributed by atoms with Crippen LogP contribution in [0, 0.1) is 16.0 Å². The summed E-state index contributed by atoms with van der Waals surface area (Å²) in [4.78, 5) is 33.0. The average molecular weight is 578 g/mol. The third-order valence-corrected chi connectivity index (χ3v) is 8.33. The summed E-state index contributed by atoms with van der Waals surface area (Å²) in [5.74, 6) is 0.370. The Morgan fingerprint density at radius 2 is 1.64 bits per heavy atom. The zero-order valence-corrected chi connectivity index (χ0v) is 22.9. The maximum absolute atomic E-state index is 13.4. The molecule has 0 radical (unpaired) electrons. The fraction of sp³-hybridized carbons (Fsp3) is 0.355. The number of nitro groups is 1. The number of carbonyl (C=O) groups excluding carboxylic acids is 1. The standard InChI is InChI=1S/C31H30F3N5O3/c32-31(33,34)25-9-3-7-22(17-25)24-11-12-28-35-29(23-8-4-10-26(18-23)39(41)42)27(38(28)19-24)20-36-13-15-37(16-14-36)30(40)21-5-1-2-6-21/h3-4,7-12,17-19,21H,1-2,5-6,13-16,20H2. The first-order chi connectivity index (χ1) is 20.2. The monoisotopic (exact) mass is 577 g/mol. The minimum Gasteiger partial charge on any atom is -0.340 e. The first-order valence-electron chi connectivity index (χ1n) is 14.1. The van der Waals surface area contributed by atoms with Crippen LogP contribution in [0.15, 0.2) is 66.9 Å². The molecule has 4 aromatic rings. The minimum atomic E-state index is -4.46. The molecule has 2 aromatic heterocycles. The van der Waals surface area contributed by atoms with Crippen molar-refractivity contribution in [2.45, 2.75) is 38.4 Å². The SMILES string of the molecule is O=C(C1CCCC1)N1CCN(Cc2c(-c3cccc([N+](=O)[O-])c3)nc3ccc(-c4cccc(C(F)(F)F)c4)cn23)CC1. The lowest BCUT2D eigenvalue weighted by molar-refractivity contribution is -0.384. The van der Waals surface area contributed by atoms with E-state index < -0.39 is 16.7 Å². The first kappa shape index (κ1) is 27.9. The quantitative estimate of drug-likeness (QED) is 0.195. The molecule has 0 bridgehead atoms. The maximum atomic E-state index is 13.4.